The maximum Gasteiger partial charge on any atom is 0.330 e. The van der Waals surface area contributed by atoms with Crippen molar-refractivity contribution in [2.45, 2.75) is 32.6 Å². The average molecular weight is 253 g/mol. The van der Waals surface area contributed by atoms with Crippen LogP contribution in [0, 0.1) is 5.53 Å². The first-order valence-electron chi connectivity index (χ1n) is 5.57. The minimum Gasteiger partial charge on any atom is -0.279 e. The lowest BCUT2D eigenvalue weighted by Crippen LogP contribution is -2.34. The van der Waals surface area contributed by atoms with E-state index in [4.69, 9.17) is 5.53 Å². The molecule has 0 fully saturated rings. The van der Waals surface area contributed by atoms with Gasteiger partial charge < -0.3 is 0 Å². The van der Waals surface area contributed by atoms with Gasteiger partial charge in [-0.1, -0.05) is 13.0 Å². The molecule has 3 amide bonds. The summed E-state index contributed by atoms with van der Waals surface area (Å²) < 4.78 is 0. The molecule has 0 saturated carbocycles. The fraction of sp³-hybridized carbons (Fsp3) is 0.545. The van der Waals surface area contributed by atoms with E-state index in [2.05, 4.69) is 16.6 Å². The van der Waals surface area contributed by atoms with Crippen LogP contribution in [0.1, 0.15) is 32.6 Å². The van der Waals surface area contributed by atoms with Crippen molar-refractivity contribution in [3.05, 3.63) is 12.7 Å². The largest absolute Gasteiger partial charge is 0.330 e. The fourth-order valence-corrected chi connectivity index (χ4v) is 1.36. The summed E-state index contributed by atoms with van der Waals surface area (Å²) in [7, 11) is 0. The molecule has 0 bridgehead atoms. The molecule has 98 valence electrons. The van der Waals surface area contributed by atoms with Crippen LogP contribution in [0.4, 0.5) is 0 Å². The van der Waals surface area contributed by atoms with Crippen molar-refractivity contribution < 1.29 is 14.4 Å². The van der Waals surface area contributed by atoms with Crippen LogP contribution in [-0.4, -0.2) is 29.2 Å². The second kappa shape index (κ2) is 8.95. The zero-order chi connectivity index (χ0) is 14.0. The molecule has 0 saturated heterocycles. The van der Waals surface area contributed by atoms with Gasteiger partial charge in [0.2, 0.25) is 10.8 Å². The first-order valence-corrected chi connectivity index (χ1v) is 5.57. The van der Waals surface area contributed by atoms with E-state index in [-0.39, 0.29) is 12.3 Å². The SMILES string of the molecule is C=CC(=O)N(CCCCCC(=O)N=[N+]=N)C(C)=O. The van der Waals surface area contributed by atoms with Crippen LogP contribution in [0.2, 0.25) is 0 Å². The molecule has 7 nitrogen and oxygen atoms in total. The van der Waals surface area contributed by atoms with E-state index in [1.807, 2.05) is 0 Å². The molecule has 0 aliphatic rings. The molecule has 18 heavy (non-hydrogen) atoms. The predicted molar refractivity (Wildman–Crippen MR) is 63.3 cm³/mol. The Morgan fingerprint density at radius 1 is 1.33 bits per heavy atom. The van der Waals surface area contributed by atoms with Gasteiger partial charge in [0.1, 0.15) is 5.53 Å². The number of rotatable bonds is 7. The number of unbranched alkanes of at least 4 members (excludes halogenated alkanes) is 2. The topological polar surface area (TPSA) is 105 Å². The molecule has 0 spiro atoms. The number of imide groups is 1. The minimum atomic E-state index is -0.435. The van der Waals surface area contributed by atoms with Gasteiger partial charge in [-0.3, -0.25) is 19.3 Å². The highest BCUT2D eigenvalue weighted by atomic mass is 16.2. The predicted octanol–water partition coefficient (Wildman–Crippen LogP) is 1.18. The molecule has 1 N–H and O–H groups in total. The number of carbonyl (C=O) groups excluding carboxylic acids is 3. The lowest BCUT2D eigenvalue weighted by molar-refractivity contribution is -0.140. The lowest BCUT2D eigenvalue weighted by Gasteiger charge is -2.16. The fourth-order valence-electron chi connectivity index (χ4n) is 1.36. The number of hydrogen-bond donors (Lipinski definition) is 1. The summed E-state index contributed by atoms with van der Waals surface area (Å²) in [5, 5.41) is 3.05. The molecule has 0 aromatic carbocycles. The van der Waals surface area contributed by atoms with Gasteiger partial charge in [-0.15, -0.1) is 0 Å². The molecule has 0 unspecified atom stereocenters. The molecule has 0 radical (unpaired) electrons. The van der Waals surface area contributed by atoms with Gasteiger partial charge in [-0.05, 0) is 18.9 Å². The first-order chi connectivity index (χ1) is 8.52. The average Bonchev–Trinajstić information content (AvgIpc) is 2.32. The van der Waals surface area contributed by atoms with Gasteiger partial charge in [0, 0.05) is 19.9 Å². The van der Waals surface area contributed by atoms with Crippen molar-refractivity contribution in [2.75, 3.05) is 6.54 Å². The highest BCUT2D eigenvalue weighted by Crippen LogP contribution is 2.04. The zero-order valence-electron chi connectivity index (χ0n) is 10.4. The van der Waals surface area contributed by atoms with Crippen molar-refractivity contribution in [3.63, 3.8) is 0 Å². The molecule has 0 aromatic heterocycles. The Bertz CT molecular complexity index is 386. The number of amides is 3. The minimum absolute atomic E-state index is 0.220. The van der Waals surface area contributed by atoms with Gasteiger partial charge >= 0.3 is 5.91 Å². The van der Waals surface area contributed by atoms with E-state index in [0.29, 0.717) is 25.8 Å². The van der Waals surface area contributed by atoms with Crippen molar-refractivity contribution in [2.24, 2.45) is 5.11 Å². The summed E-state index contributed by atoms with van der Waals surface area (Å²) in [5.74, 6) is -1.17. The summed E-state index contributed by atoms with van der Waals surface area (Å²) in [6.45, 7) is 4.96. The van der Waals surface area contributed by atoms with Gasteiger partial charge in [-0.25, -0.2) is 0 Å². The van der Waals surface area contributed by atoms with Crippen molar-refractivity contribution >= 4 is 17.7 Å². The Morgan fingerprint density at radius 2 is 2.00 bits per heavy atom. The Balaban J connectivity index is 3.91. The van der Waals surface area contributed by atoms with Crippen LogP contribution >= 0.6 is 0 Å². The third-order valence-electron chi connectivity index (χ3n) is 2.25. The summed E-state index contributed by atoms with van der Waals surface area (Å²) in [5.41, 5.74) is 6.37. The van der Waals surface area contributed by atoms with Gasteiger partial charge in [0.25, 0.3) is 5.91 Å². The van der Waals surface area contributed by atoms with Crippen LogP contribution in [0.15, 0.2) is 17.8 Å². The Labute approximate surface area is 105 Å². The number of carbonyl (C=O) groups is 3. The van der Waals surface area contributed by atoms with E-state index >= 15 is 0 Å². The van der Waals surface area contributed by atoms with Crippen molar-refractivity contribution in [1.82, 2.24) is 9.81 Å². The number of nitrogens with zero attached hydrogens (tertiary/aromatic N) is 3. The van der Waals surface area contributed by atoms with E-state index < -0.39 is 11.8 Å². The van der Waals surface area contributed by atoms with Crippen LogP contribution in [0.25, 0.3) is 0 Å². The molecule has 0 aliphatic heterocycles. The quantitative estimate of drug-likeness (QED) is 0.319. The monoisotopic (exact) mass is 253 g/mol. The normalized spacial score (nSPS) is 9.17. The molecule has 0 atom stereocenters. The number of nitrogens with one attached hydrogen (secondary N) is 1. The molecular weight excluding hydrogens is 236 g/mol. The van der Waals surface area contributed by atoms with Crippen LogP contribution in [0.5, 0.6) is 0 Å². The van der Waals surface area contributed by atoms with Crippen LogP contribution in [0.3, 0.4) is 0 Å². The maximum atomic E-state index is 11.3. The third kappa shape index (κ3) is 6.44. The van der Waals surface area contributed by atoms with Crippen molar-refractivity contribution in [1.29, 1.82) is 5.53 Å². The molecular formula is C11H17N4O3+. The summed E-state index contributed by atoms with van der Waals surface area (Å²) in [4.78, 5) is 37.1. The maximum absolute atomic E-state index is 11.3. The Hall–Kier alpha value is -2.14. The smallest absolute Gasteiger partial charge is 0.279 e. The molecule has 0 aliphatic carbocycles. The highest BCUT2D eigenvalue weighted by molar-refractivity contribution is 5.99. The van der Waals surface area contributed by atoms with Crippen molar-refractivity contribution in [3.8, 4) is 0 Å². The molecule has 7 heteroatoms. The van der Waals surface area contributed by atoms with Gasteiger partial charge in [0.05, 0.1) is 0 Å². The van der Waals surface area contributed by atoms with E-state index in [1.165, 1.54) is 6.92 Å². The van der Waals surface area contributed by atoms with E-state index in [0.717, 1.165) is 11.0 Å². The Morgan fingerprint density at radius 3 is 2.50 bits per heavy atom. The van der Waals surface area contributed by atoms with Crippen LogP contribution < -0.4 is 4.91 Å². The molecule has 0 aromatic rings. The second-order valence-electron chi connectivity index (χ2n) is 3.62. The van der Waals surface area contributed by atoms with E-state index in [9.17, 15) is 14.4 Å². The van der Waals surface area contributed by atoms with Gasteiger partial charge in [-0.2, -0.15) is 0 Å². The van der Waals surface area contributed by atoms with E-state index in [1.54, 1.807) is 0 Å². The number of hydrogen-bond acceptors (Lipinski definition) is 4. The standard InChI is InChI=1S/C11H17N4O3/c1-3-11(18)15(9(2)16)8-6-4-5-7-10(17)13-14-12/h3,12H,1,4-8H2,2H3/q+1. The Kier molecular flexibility index (Phi) is 7.89. The lowest BCUT2D eigenvalue weighted by atomic mass is 10.2. The van der Waals surface area contributed by atoms with Gasteiger partial charge in [0.15, 0.2) is 5.11 Å². The second-order valence-corrected chi connectivity index (χ2v) is 3.62. The van der Waals surface area contributed by atoms with Crippen LogP contribution in [-0.2, 0) is 14.4 Å². The third-order valence-corrected chi connectivity index (χ3v) is 2.25. The summed E-state index contributed by atoms with van der Waals surface area (Å²) in [6.07, 6.45) is 3.21. The molecule has 0 rings (SSSR count). The highest BCUT2D eigenvalue weighted by Gasteiger charge is 2.14. The summed E-state index contributed by atoms with van der Waals surface area (Å²) >= 11 is 0. The first kappa shape index (κ1) is 15.9. The molecule has 0 heterocycles. The summed E-state index contributed by atoms with van der Waals surface area (Å²) in [6, 6.07) is 0. The zero-order valence-corrected chi connectivity index (χ0v) is 10.4.